The zero-order chi connectivity index (χ0) is 13.8. The van der Waals surface area contributed by atoms with Gasteiger partial charge in [-0.15, -0.1) is 0 Å². The van der Waals surface area contributed by atoms with E-state index >= 15 is 0 Å². The Morgan fingerprint density at radius 1 is 1.56 bits per heavy atom. The minimum Gasteiger partial charge on any atom is -0.442 e. The lowest BCUT2D eigenvalue weighted by Gasteiger charge is -2.18. The van der Waals surface area contributed by atoms with E-state index in [1.807, 2.05) is 32.7 Å². The maximum atomic E-state index is 11.7. The topological polar surface area (TPSA) is 67.6 Å². The molecule has 0 spiro atoms. The summed E-state index contributed by atoms with van der Waals surface area (Å²) in [6.45, 7) is 6.75. The highest BCUT2D eigenvalue weighted by Gasteiger charge is 2.18. The van der Waals surface area contributed by atoms with Crippen LogP contribution in [0.2, 0.25) is 0 Å². The zero-order valence-electron chi connectivity index (χ0n) is 11.4. The molecule has 102 valence electrons. The van der Waals surface area contributed by atoms with Crippen LogP contribution in [0.4, 0.5) is 4.79 Å². The van der Waals surface area contributed by atoms with Gasteiger partial charge in [-0.05, 0) is 27.8 Å². The van der Waals surface area contributed by atoms with E-state index in [9.17, 15) is 4.79 Å². The summed E-state index contributed by atoms with van der Waals surface area (Å²) < 4.78 is 6.39. The summed E-state index contributed by atoms with van der Waals surface area (Å²) in [7, 11) is 1.89. The molecule has 0 aliphatic heterocycles. The molecule has 6 heteroatoms. The van der Waals surface area contributed by atoms with Gasteiger partial charge in [0.2, 0.25) is 0 Å². The Bertz CT molecular complexity index is 396. The molecule has 1 rings (SSSR count). The van der Waals surface area contributed by atoms with Crippen molar-refractivity contribution >= 4 is 6.09 Å². The summed E-state index contributed by atoms with van der Waals surface area (Å²) in [5, 5.41) is 12.8. The molecule has 0 aromatic carbocycles. The highest BCUT2D eigenvalue weighted by molar-refractivity contribution is 5.69. The summed E-state index contributed by atoms with van der Waals surface area (Å²) in [4.78, 5) is 13.7. The molecule has 0 unspecified atom stereocenters. The van der Waals surface area contributed by atoms with E-state index in [1.165, 1.54) is 4.68 Å². The van der Waals surface area contributed by atoms with Crippen molar-refractivity contribution in [2.75, 3.05) is 20.2 Å². The Kier molecular flexibility index (Phi) is 4.86. The van der Waals surface area contributed by atoms with Crippen molar-refractivity contribution in [3.05, 3.63) is 18.0 Å². The van der Waals surface area contributed by atoms with Crippen LogP contribution in [0.15, 0.2) is 12.4 Å². The molecule has 0 atom stereocenters. The third kappa shape index (κ3) is 4.85. The number of carbonyl (C=O) groups is 1. The second-order valence-corrected chi connectivity index (χ2v) is 5.23. The number of likely N-dealkylation sites (N-methyl/N-ethyl adjacent to an activating group) is 1. The molecule has 1 aromatic heterocycles. The summed E-state index contributed by atoms with van der Waals surface area (Å²) in [6.07, 6.45) is 2.78. The van der Waals surface area contributed by atoms with Crippen molar-refractivity contribution in [1.29, 1.82) is 0 Å². The molecule has 1 heterocycles. The molecular formula is C12H21N3O3. The van der Waals surface area contributed by atoms with Gasteiger partial charge in [-0.1, -0.05) is 0 Å². The maximum Gasteiger partial charge on any atom is 0.435 e. The second-order valence-electron chi connectivity index (χ2n) is 5.23. The molecule has 0 saturated carbocycles. The monoisotopic (exact) mass is 255 g/mol. The van der Waals surface area contributed by atoms with Gasteiger partial charge in [0, 0.05) is 24.8 Å². The summed E-state index contributed by atoms with van der Waals surface area (Å²) in [5.41, 5.74) is 0.369. The first-order chi connectivity index (χ1) is 8.31. The van der Waals surface area contributed by atoms with Crippen molar-refractivity contribution in [1.82, 2.24) is 14.7 Å². The smallest absolute Gasteiger partial charge is 0.435 e. The molecule has 0 bridgehead atoms. The van der Waals surface area contributed by atoms with Crippen molar-refractivity contribution in [2.45, 2.75) is 32.9 Å². The number of hydrogen-bond acceptors (Lipinski definition) is 5. The van der Waals surface area contributed by atoms with Crippen LogP contribution in [0.3, 0.4) is 0 Å². The molecule has 0 aliphatic rings. The Balaban J connectivity index is 2.60. The van der Waals surface area contributed by atoms with E-state index in [1.54, 1.807) is 12.4 Å². The van der Waals surface area contributed by atoms with Crippen LogP contribution in [0.25, 0.3) is 0 Å². The predicted molar refractivity (Wildman–Crippen MR) is 67.3 cm³/mol. The molecular weight excluding hydrogens is 234 g/mol. The van der Waals surface area contributed by atoms with Gasteiger partial charge in [-0.3, -0.25) is 4.90 Å². The molecule has 0 radical (unpaired) electrons. The van der Waals surface area contributed by atoms with Crippen LogP contribution >= 0.6 is 0 Å². The lowest BCUT2D eigenvalue weighted by molar-refractivity contribution is 0.0514. The first-order valence-corrected chi connectivity index (χ1v) is 5.88. The molecule has 6 nitrogen and oxygen atoms in total. The van der Waals surface area contributed by atoms with Gasteiger partial charge in [0.1, 0.15) is 5.60 Å². The number of hydrogen-bond donors (Lipinski definition) is 1. The lowest BCUT2D eigenvalue weighted by atomic mass is 10.2. The molecule has 1 aromatic rings. The number of nitrogens with zero attached hydrogens (tertiary/aromatic N) is 3. The van der Waals surface area contributed by atoms with Crippen LogP contribution in [-0.2, 0) is 11.3 Å². The van der Waals surface area contributed by atoms with Gasteiger partial charge in [0.15, 0.2) is 0 Å². The van der Waals surface area contributed by atoms with Crippen LogP contribution in [0, 0.1) is 0 Å². The van der Waals surface area contributed by atoms with E-state index in [0.29, 0.717) is 13.1 Å². The molecule has 0 fully saturated rings. The van der Waals surface area contributed by atoms with Gasteiger partial charge < -0.3 is 9.84 Å². The van der Waals surface area contributed by atoms with Crippen molar-refractivity contribution in [2.24, 2.45) is 0 Å². The summed E-state index contributed by atoms with van der Waals surface area (Å²) in [6, 6.07) is 0. The molecule has 18 heavy (non-hydrogen) atoms. The Hall–Kier alpha value is -1.40. The van der Waals surface area contributed by atoms with Crippen LogP contribution in [-0.4, -0.2) is 51.7 Å². The first-order valence-electron chi connectivity index (χ1n) is 5.88. The average Bonchev–Trinajstić information content (AvgIpc) is 2.63. The second kappa shape index (κ2) is 5.97. The highest BCUT2D eigenvalue weighted by atomic mass is 16.6. The normalized spacial score (nSPS) is 11.9. The Morgan fingerprint density at radius 2 is 2.22 bits per heavy atom. The molecule has 0 amide bonds. The van der Waals surface area contributed by atoms with E-state index in [-0.39, 0.29) is 6.61 Å². The number of carbonyl (C=O) groups excluding carboxylic acids is 1. The third-order valence-electron chi connectivity index (χ3n) is 2.15. The predicted octanol–water partition coefficient (Wildman–Crippen LogP) is 1.09. The largest absolute Gasteiger partial charge is 0.442 e. The fourth-order valence-electron chi connectivity index (χ4n) is 1.41. The van der Waals surface area contributed by atoms with Gasteiger partial charge in [0.05, 0.1) is 12.8 Å². The number of ether oxygens (including phenoxy) is 1. The van der Waals surface area contributed by atoms with E-state index in [0.717, 1.165) is 5.56 Å². The fraction of sp³-hybridized carbons (Fsp3) is 0.667. The van der Waals surface area contributed by atoms with Gasteiger partial charge in [0.25, 0.3) is 0 Å². The lowest BCUT2D eigenvalue weighted by Crippen LogP contribution is -2.27. The van der Waals surface area contributed by atoms with Crippen LogP contribution < -0.4 is 0 Å². The van der Waals surface area contributed by atoms with E-state index in [2.05, 4.69) is 5.10 Å². The zero-order valence-corrected chi connectivity index (χ0v) is 11.4. The minimum absolute atomic E-state index is 0.108. The SMILES string of the molecule is CN(CCO)Cc1cnn(C(=O)OC(C)(C)C)c1. The third-order valence-corrected chi connectivity index (χ3v) is 2.15. The number of aromatic nitrogens is 2. The average molecular weight is 255 g/mol. The summed E-state index contributed by atoms with van der Waals surface area (Å²) in [5.74, 6) is 0. The van der Waals surface area contributed by atoms with Crippen molar-refractivity contribution < 1.29 is 14.6 Å². The molecule has 0 aliphatic carbocycles. The molecule has 1 N–H and O–H groups in total. The molecule has 0 saturated heterocycles. The Labute approximate surface area is 107 Å². The highest BCUT2D eigenvalue weighted by Crippen LogP contribution is 2.09. The van der Waals surface area contributed by atoms with Crippen molar-refractivity contribution in [3.63, 3.8) is 0 Å². The first kappa shape index (κ1) is 14.7. The van der Waals surface area contributed by atoms with E-state index < -0.39 is 11.7 Å². The van der Waals surface area contributed by atoms with Gasteiger partial charge in [-0.2, -0.15) is 9.78 Å². The fourth-order valence-corrected chi connectivity index (χ4v) is 1.41. The Morgan fingerprint density at radius 3 is 2.78 bits per heavy atom. The number of aliphatic hydroxyl groups excluding tert-OH is 1. The minimum atomic E-state index is -0.531. The number of rotatable bonds is 4. The van der Waals surface area contributed by atoms with Crippen LogP contribution in [0.5, 0.6) is 0 Å². The summed E-state index contributed by atoms with van der Waals surface area (Å²) >= 11 is 0. The quantitative estimate of drug-likeness (QED) is 0.872. The van der Waals surface area contributed by atoms with E-state index in [4.69, 9.17) is 9.84 Å². The van der Waals surface area contributed by atoms with Crippen LogP contribution in [0.1, 0.15) is 26.3 Å². The van der Waals surface area contributed by atoms with Gasteiger partial charge in [-0.25, -0.2) is 4.79 Å². The number of aliphatic hydroxyl groups is 1. The standard InChI is InChI=1S/C12H21N3O3/c1-12(2,3)18-11(17)15-9-10(7-13-15)8-14(4)5-6-16/h7,9,16H,5-6,8H2,1-4H3. The van der Waals surface area contributed by atoms with Crippen molar-refractivity contribution in [3.8, 4) is 0 Å². The van der Waals surface area contributed by atoms with Gasteiger partial charge >= 0.3 is 6.09 Å². The maximum absolute atomic E-state index is 11.7.